The molecule has 1 aliphatic heterocycles. The van der Waals surface area contributed by atoms with Crippen molar-refractivity contribution in [3.63, 3.8) is 0 Å². The largest absolute Gasteiger partial charge is 0.482 e. The second kappa shape index (κ2) is 2.95. The molecule has 2 N–H and O–H groups in total. The Kier molecular flexibility index (Phi) is 1.89. The van der Waals surface area contributed by atoms with Crippen LogP contribution in [0.3, 0.4) is 0 Å². The van der Waals surface area contributed by atoms with E-state index in [9.17, 15) is 10.1 Å². The zero-order chi connectivity index (χ0) is 10.3. The third kappa shape index (κ3) is 1.13. The van der Waals surface area contributed by atoms with Crippen molar-refractivity contribution in [1.29, 1.82) is 0 Å². The van der Waals surface area contributed by atoms with Gasteiger partial charge in [0.2, 0.25) is 5.75 Å². The number of nitrogens with zero attached hydrogens (tertiary/aromatic N) is 1. The highest BCUT2D eigenvalue weighted by atomic mass is 16.6. The van der Waals surface area contributed by atoms with Gasteiger partial charge in [-0.05, 0) is 6.92 Å². The van der Waals surface area contributed by atoms with Crippen molar-refractivity contribution in [2.24, 2.45) is 5.73 Å². The first kappa shape index (κ1) is 8.96. The van der Waals surface area contributed by atoms with Gasteiger partial charge in [-0.2, -0.15) is 0 Å². The molecular formula is C9H10N2O3. The van der Waals surface area contributed by atoms with Gasteiger partial charge in [0.15, 0.2) is 0 Å². The molecule has 5 nitrogen and oxygen atoms in total. The van der Waals surface area contributed by atoms with Crippen LogP contribution in [-0.2, 0) is 0 Å². The van der Waals surface area contributed by atoms with Crippen molar-refractivity contribution in [1.82, 2.24) is 0 Å². The summed E-state index contributed by atoms with van der Waals surface area (Å²) < 4.78 is 5.34. The number of para-hydroxylation sites is 1. The van der Waals surface area contributed by atoms with Crippen LogP contribution in [0.2, 0.25) is 0 Å². The molecule has 2 rings (SSSR count). The summed E-state index contributed by atoms with van der Waals surface area (Å²) in [5, 5.41) is 10.7. The number of hydrogen-bond acceptors (Lipinski definition) is 4. The molecule has 5 heteroatoms. The molecule has 2 unspecified atom stereocenters. The van der Waals surface area contributed by atoms with Gasteiger partial charge in [-0.15, -0.1) is 0 Å². The Labute approximate surface area is 80.6 Å². The van der Waals surface area contributed by atoms with Gasteiger partial charge in [0, 0.05) is 11.6 Å². The molecule has 2 atom stereocenters. The highest BCUT2D eigenvalue weighted by Crippen LogP contribution is 2.41. The minimum atomic E-state index is -0.455. The van der Waals surface area contributed by atoms with E-state index >= 15 is 0 Å². The predicted molar refractivity (Wildman–Crippen MR) is 50.1 cm³/mol. The second-order valence-electron chi connectivity index (χ2n) is 3.30. The third-order valence-electron chi connectivity index (χ3n) is 2.39. The summed E-state index contributed by atoms with van der Waals surface area (Å²) in [4.78, 5) is 10.2. The third-order valence-corrected chi connectivity index (χ3v) is 2.39. The van der Waals surface area contributed by atoms with Gasteiger partial charge in [0.05, 0.1) is 11.0 Å². The van der Waals surface area contributed by atoms with Crippen LogP contribution in [0.15, 0.2) is 18.2 Å². The van der Waals surface area contributed by atoms with Crippen LogP contribution in [0.5, 0.6) is 5.75 Å². The molecule has 0 saturated heterocycles. The molecule has 0 radical (unpaired) electrons. The van der Waals surface area contributed by atoms with E-state index in [0.29, 0.717) is 11.3 Å². The number of nitrogens with two attached hydrogens (primary N) is 1. The monoisotopic (exact) mass is 194 g/mol. The lowest BCUT2D eigenvalue weighted by atomic mass is 10.1. The second-order valence-corrected chi connectivity index (χ2v) is 3.30. The SMILES string of the molecule is CC1Oc2c(cccc2[N+](=O)[O-])C1N. The molecule has 74 valence electrons. The van der Waals surface area contributed by atoms with Crippen molar-refractivity contribution in [3.05, 3.63) is 33.9 Å². The van der Waals surface area contributed by atoms with E-state index in [1.54, 1.807) is 19.1 Å². The van der Waals surface area contributed by atoms with E-state index < -0.39 is 4.92 Å². The van der Waals surface area contributed by atoms with Crippen LogP contribution in [0.25, 0.3) is 0 Å². The molecule has 0 aliphatic carbocycles. The molecule has 1 aromatic rings. The first-order chi connectivity index (χ1) is 6.61. The van der Waals surface area contributed by atoms with Gasteiger partial charge in [-0.3, -0.25) is 10.1 Å². The number of fused-ring (bicyclic) bond motifs is 1. The fourth-order valence-electron chi connectivity index (χ4n) is 1.59. The number of benzene rings is 1. The summed E-state index contributed by atoms with van der Waals surface area (Å²) in [6.07, 6.45) is -0.203. The quantitative estimate of drug-likeness (QED) is 0.541. The molecule has 0 spiro atoms. The number of hydrogen-bond donors (Lipinski definition) is 1. The lowest BCUT2D eigenvalue weighted by Gasteiger charge is -2.06. The maximum Gasteiger partial charge on any atom is 0.311 e. The van der Waals surface area contributed by atoms with Gasteiger partial charge < -0.3 is 10.5 Å². The van der Waals surface area contributed by atoms with Crippen LogP contribution in [0.4, 0.5) is 5.69 Å². The number of ether oxygens (including phenoxy) is 1. The average molecular weight is 194 g/mol. The molecule has 1 aromatic carbocycles. The van der Waals surface area contributed by atoms with Gasteiger partial charge in [-0.1, -0.05) is 12.1 Å². The Morgan fingerprint density at radius 1 is 1.57 bits per heavy atom. The van der Waals surface area contributed by atoms with Crippen molar-refractivity contribution < 1.29 is 9.66 Å². The van der Waals surface area contributed by atoms with E-state index in [-0.39, 0.29) is 17.8 Å². The van der Waals surface area contributed by atoms with Gasteiger partial charge in [0.25, 0.3) is 0 Å². The summed E-state index contributed by atoms with van der Waals surface area (Å²) in [5.74, 6) is 0.317. The van der Waals surface area contributed by atoms with E-state index in [0.717, 1.165) is 0 Å². The molecule has 0 aromatic heterocycles. The van der Waals surface area contributed by atoms with E-state index in [1.165, 1.54) is 6.07 Å². The van der Waals surface area contributed by atoms with Gasteiger partial charge in [0.1, 0.15) is 6.10 Å². The Bertz CT molecular complexity index is 392. The topological polar surface area (TPSA) is 78.4 Å². The zero-order valence-corrected chi connectivity index (χ0v) is 7.64. The fourth-order valence-corrected chi connectivity index (χ4v) is 1.59. The lowest BCUT2D eigenvalue weighted by molar-refractivity contribution is -0.385. The Hall–Kier alpha value is -1.62. The van der Waals surface area contributed by atoms with Crippen LogP contribution in [0, 0.1) is 10.1 Å². The van der Waals surface area contributed by atoms with Crippen LogP contribution in [-0.4, -0.2) is 11.0 Å². The van der Waals surface area contributed by atoms with Crippen molar-refractivity contribution in [3.8, 4) is 5.75 Å². The highest BCUT2D eigenvalue weighted by molar-refractivity contribution is 5.55. The van der Waals surface area contributed by atoms with Crippen molar-refractivity contribution in [2.45, 2.75) is 19.1 Å². The Morgan fingerprint density at radius 2 is 2.29 bits per heavy atom. The van der Waals surface area contributed by atoms with Gasteiger partial charge in [-0.25, -0.2) is 0 Å². The van der Waals surface area contributed by atoms with Gasteiger partial charge >= 0.3 is 5.69 Å². The maximum absolute atomic E-state index is 10.7. The summed E-state index contributed by atoms with van der Waals surface area (Å²) in [6.45, 7) is 1.80. The van der Waals surface area contributed by atoms with E-state index in [1.807, 2.05) is 0 Å². The maximum atomic E-state index is 10.7. The first-order valence-corrected chi connectivity index (χ1v) is 4.31. The molecule has 1 heterocycles. The van der Waals surface area contributed by atoms with Crippen molar-refractivity contribution >= 4 is 5.69 Å². The van der Waals surface area contributed by atoms with E-state index in [4.69, 9.17) is 10.5 Å². The molecular weight excluding hydrogens is 184 g/mol. The fraction of sp³-hybridized carbons (Fsp3) is 0.333. The lowest BCUT2D eigenvalue weighted by Crippen LogP contribution is -2.21. The Morgan fingerprint density at radius 3 is 2.93 bits per heavy atom. The number of rotatable bonds is 1. The number of nitro benzene ring substituents is 1. The average Bonchev–Trinajstić information content (AvgIpc) is 2.43. The minimum absolute atomic E-state index is 0.0118. The zero-order valence-electron chi connectivity index (χ0n) is 7.64. The van der Waals surface area contributed by atoms with E-state index in [2.05, 4.69) is 0 Å². The standard InChI is InChI=1S/C9H10N2O3/c1-5-8(10)6-3-2-4-7(11(12)13)9(6)14-5/h2-5,8H,10H2,1H3. The summed E-state index contributed by atoms with van der Waals surface area (Å²) in [7, 11) is 0. The summed E-state index contributed by atoms with van der Waals surface area (Å²) >= 11 is 0. The molecule has 0 bridgehead atoms. The molecule has 0 fully saturated rings. The van der Waals surface area contributed by atoms with Crippen LogP contribution in [0.1, 0.15) is 18.5 Å². The summed E-state index contributed by atoms with van der Waals surface area (Å²) in [6, 6.07) is 4.53. The minimum Gasteiger partial charge on any atom is -0.482 e. The smallest absolute Gasteiger partial charge is 0.311 e. The Balaban J connectivity index is 2.56. The molecule has 0 saturated carbocycles. The van der Waals surface area contributed by atoms with Crippen LogP contribution >= 0.6 is 0 Å². The molecule has 14 heavy (non-hydrogen) atoms. The predicted octanol–water partition coefficient (Wildman–Crippen LogP) is 1.38. The van der Waals surface area contributed by atoms with Crippen molar-refractivity contribution in [2.75, 3.05) is 0 Å². The molecule has 1 aliphatic rings. The number of nitro groups is 1. The normalized spacial score (nSPS) is 24.1. The van der Waals surface area contributed by atoms with Crippen LogP contribution < -0.4 is 10.5 Å². The first-order valence-electron chi connectivity index (χ1n) is 4.31. The molecule has 0 amide bonds. The highest BCUT2D eigenvalue weighted by Gasteiger charge is 2.33. The summed E-state index contributed by atoms with van der Waals surface area (Å²) in [5.41, 5.74) is 6.51.